The Morgan fingerprint density at radius 1 is 1.20 bits per heavy atom. The molecule has 0 unspecified atom stereocenters. The maximum absolute atomic E-state index is 12.1. The van der Waals surface area contributed by atoms with Crippen LogP contribution in [0.1, 0.15) is 15.5 Å². The first-order chi connectivity index (χ1) is 9.72. The third kappa shape index (κ3) is 2.79. The van der Waals surface area contributed by atoms with Crippen molar-refractivity contribution in [3.63, 3.8) is 0 Å². The lowest BCUT2D eigenvalue weighted by Crippen LogP contribution is -2.12. The highest BCUT2D eigenvalue weighted by atomic mass is 32.1. The molecule has 1 aromatic carbocycles. The van der Waals surface area contributed by atoms with Gasteiger partial charge in [0, 0.05) is 11.1 Å². The number of rotatable bonds is 3. The molecule has 5 heteroatoms. The molecular weight excluding hydrogens is 288 g/mol. The molecule has 0 aliphatic carbocycles. The number of nitrogens with zero attached hydrogens (tertiary/aromatic N) is 1. The molecule has 100 valence electrons. The third-order valence-electron chi connectivity index (χ3n) is 2.83. The summed E-state index contributed by atoms with van der Waals surface area (Å²) in [5, 5.41) is 9.67. The molecule has 0 spiro atoms. The first kappa shape index (κ1) is 13.0. The lowest BCUT2D eigenvalue weighted by atomic mass is 10.1. The largest absolute Gasteiger partial charge is 0.321 e. The standard InChI is InChI=1S/C15H12N2OS2/c1-10-16-14(9-20-10)15(18)17-13-4-2-3-11(7-13)12-5-6-19-8-12/h2-9H,1H3,(H,17,18). The zero-order valence-corrected chi connectivity index (χ0v) is 12.4. The van der Waals surface area contributed by atoms with Crippen molar-refractivity contribution in [2.24, 2.45) is 0 Å². The van der Waals surface area contributed by atoms with Gasteiger partial charge in [-0.15, -0.1) is 11.3 Å². The number of carbonyl (C=O) groups excluding carboxylic acids is 1. The summed E-state index contributed by atoms with van der Waals surface area (Å²) in [6.45, 7) is 1.89. The van der Waals surface area contributed by atoms with Crippen LogP contribution in [0.3, 0.4) is 0 Å². The number of thiazole rings is 1. The van der Waals surface area contributed by atoms with Crippen LogP contribution in [0.5, 0.6) is 0 Å². The van der Waals surface area contributed by atoms with Crippen LogP contribution >= 0.6 is 22.7 Å². The van der Waals surface area contributed by atoms with Gasteiger partial charge >= 0.3 is 0 Å². The summed E-state index contributed by atoms with van der Waals surface area (Å²) < 4.78 is 0. The molecule has 3 rings (SSSR count). The van der Waals surface area contributed by atoms with E-state index < -0.39 is 0 Å². The minimum Gasteiger partial charge on any atom is -0.321 e. The van der Waals surface area contributed by atoms with Gasteiger partial charge in [-0.3, -0.25) is 4.79 Å². The lowest BCUT2D eigenvalue weighted by molar-refractivity contribution is 0.102. The molecule has 3 aromatic rings. The minimum absolute atomic E-state index is 0.170. The number of hydrogen-bond donors (Lipinski definition) is 1. The second-order valence-corrected chi connectivity index (χ2v) is 6.14. The number of benzene rings is 1. The molecule has 0 aliphatic heterocycles. The Kier molecular flexibility index (Phi) is 3.62. The fourth-order valence-corrected chi connectivity index (χ4v) is 3.13. The predicted octanol–water partition coefficient (Wildman–Crippen LogP) is 4.43. The number of nitrogens with one attached hydrogen (secondary N) is 1. The predicted molar refractivity (Wildman–Crippen MR) is 84.6 cm³/mol. The molecule has 1 amide bonds. The van der Waals surface area contributed by atoms with E-state index in [0.717, 1.165) is 21.8 Å². The number of hydrogen-bond acceptors (Lipinski definition) is 4. The van der Waals surface area contributed by atoms with E-state index in [1.54, 1.807) is 16.7 Å². The van der Waals surface area contributed by atoms with Crippen LogP contribution in [0, 0.1) is 6.92 Å². The van der Waals surface area contributed by atoms with Crippen molar-refractivity contribution in [2.75, 3.05) is 5.32 Å². The zero-order chi connectivity index (χ0) is 13.9. The Bertz CT molecular complexity index is 732. The Hall–Kier alpha value is -1.98. The van der Waals surface area contributed by atoms with E-state index >= 15 is 0 Å². The summed E-state index contributed by atoms with van der Waals surface area (Å²) in [7, 11) is 0. The normalized spacial score (nSPS) is 10.4. The molecule has 1 N–H and O–H groups in total. The molecule has 0 saturated carbocycles. The number of amides is 1. The molecule has 0 fully saturated rings. The second-order valence-electron chi connectivity index (χ2n) is 4.30. The molecule has 0 aliphatic rings. The average molecular weight is 300 g/mol. The molecule has 0 radical (unpaired) electrons. The molecule has 0 bridgehead atoms. The lowest BCUT2D eigenvalue weighted by Gasteiger charge is -2.05. The number of thiophene rings is 1. The van der Waals surface area contributed by atoms with Crippen molar-refractivity contribution in [3.05, 3.63) is 57.2 Å². The van der Waals surface area contributed by atoms with E-state index in [2.05, 4.69) is 21.7 Å². The van der Waals surface area contributed by atoms with Gasteiger partial charge in [-0.25, -0.2) is 4.98 Å². The van der Waals surface area contributed by atoms with Crippen LogP contribution in [0.2, 0.25) is 0 Å². The summed E-state index contributed by atoms with van der Waals surface area (Å²) in [6, 6.07) is 9.89. The van der Waals surface area contributed by atoms with Crippen LogP contribution in [0.25, 0.3) is 11.1 Å². The average Bonchev–Trinajstić information content (AvgIpc) is 3.10. The van der Waals surface area contributed by atoms with Gasteiger partial charge in [-0.1, -0.05) is 12.1 Å². The highest BCUT2D eigenvalue weighted by molar-refractivity contribution is 7.09. The van der Waals surface area contributed by atoms with Crippen molar-refractivity contribution in [2.45, 2.75) is 6.92 Å². The van der Waals surface area contributed by atoms with Crippen LogP contribution < -0.4 is 5.32 Å². The van der Waals surface area contributed by atoms with Crippen LogP contribution in [0.4, 0.5) is 5.69 Å². The van der Waals surface area contributed by atoms with Gasteiger partial charge in [-0.05, 0) is 47.0 Å². The summed E-state index contributed by atoms with van der Waals surface area (Å²) in [6.07, 6.45) is 0. The van der Waals surface area contributed by atoms with Crippen molar-refractivity contribution < 1.29 is 4.79 Å². The van der Waals surface area contributed by atoms with E-state index in [-0.39, 0.29) is 5.91 Å². The number of aryl methyl sites for hydroxylation is 1. The van der Waals surface area contributed by atoms with Gasteiger partial charge in [0.25, 0.3) is 5.91 Å². The quantitative estimate of drug-likeness (QED) is 0.777. The van der Waals surface area contributed by atoms with Crippen molar-refractivity contribution in [3.8, 4) is 11.1 Å². The Morgan fingerprint density at radius 3 is 2.80 bits per heavy atom. The molecule has 2 heterocycles. The van der Waals surface area contributed by atoms with Gasteiger partial charge in [0.2, 0.25) is 0 Å². The number of anilines is 1. The smallest absolute Gasteiger partial charge is 0.275 e. The van der Waals surface area contributed by atoms with Gasteiger partial charge in [-0.2, -0.15) is 11.3 Å². The zero-order valence-electron chi connectivity index (χ0n) is 10.8. The SMILES string of the molecule is Cc1nc(C(=O)Nc2cccc(-c3ccsc3)c2)cs1. The second kappa shape index (κ2) is 5.56. The minimum atomic E-state index is -0.170. The maximum atomic E-state index is 12.1. The van der Waals surface area contributed by atoms with Gasteiger partial charge in [0.05, 0.1) is 5.01 Å². The summed E-state index contributed by atoms with van der Waals surface area (Å²) in [5.74, 6) is -0.170. The molecule has 3 nitrogen and oxygen atoms in total. The van der Waals surface area contributed by atoms with Crippen molar-refractivity contribution in [1.29, 1.82) is 0 Å². The molecule has 0 atom stereocenters. The maximum Gasteiger partial charge on any atom is 0.275 e. The van der Waals surface area contributed by atoms with Crippen molar-refractivity contribution in [1.82, 2.24) is 4.98 Å². The van der Waals surface area contributed by atoms with E-state index in [1.165, 1.54) is 11.3 Å². The van der Waals surface area contributed by atoms with Crippen molar-refractivity contribution >= 4 is 34.3 Å². The first-order valence-corrected chi connectivity index (χ1v) is 7.91. The highest BCUT2D eigenvalue weighted by Gasteiger charge is 2.10. The van der Waals surface area contributed by atoms with E-state index in [4.69, 9.17) is 0 Å². The van der Waals surface area contributed by atoms with Gasteiger partial charge in [0.15, 0.2) is 0 Å². The van der Waals surface area contributed by atoms with Crippen LogP contribution in [0.15, 0.2) is 46.5 Å². The molecule has 2 aromatic heterocycles. The number of aromatic nitrogens is 1. The van der Waals surface area contributed by atoms with E-state index in [0.29, 0.717) is 5.69 Å². The summed E-state index contributed by atoms with van der Waals surface area (Å²) in [5.41, 5.74) is 3.51. The fraction of sp³-hybridized carbons (Fsp3) is 0.0667. The molecule has 0 saturated heterocycles. The first-order valence-electron chi connectivity index (χ1n) is 6.08. The topological polar surface area (TPSA) is 42.0 Å². The Labute approximate surface area is 124 Å². The molecular formula is C15H12N2OS2. The molecule has 20 heavy (non-hydrogen) atoms. The Balaban J connectivity index is 1.81. The van der Waals surface area contributed by atoms with Crippen LogP contribution in [-0.2, 0) is 0 Å². The monoisotopic (exact) mass is 300 g/mol. The van der Waals surface area contributed by atoms with Gasteiger partial charge < -0.3 is 5.32 Å². The Morgan fingerprint density at radius 2 is 2.10 bits per heavy atom. The van der Waals surface area contributed by atoms with E-state index in [1.807, 2.05) is 36.6 Å². The van der Waals surface area contributed by atoms with E-state index in [9.17, 15) is 4.79 Å². The summed E-state index contributed by atoms with van der Waals surface area (Å²) in [4.78, 5) is 16.2. The third-order valence-corrected chi connectivity index (χ3v) is 4.28. The fourth-order valence-electron chi connectivity index (χ4n) is 1.87. The highest BCUT2D eigenvalue weighted by Crippen LogP contribution is 2.25. The number of carbonyl (C=O) groups is 1. The van der Waals surface area contributed by atoms with Crippen LogP contribution in [-0.4, -0.2) is 10.9 Å². The van der Waals surface area contributed by atoms with Gasteiger partial charge in [0.1, 0.15) is 5.69 Å². The summed E-state index contributed by atoms with van der Waals surface area (Å²) >= 11 is 3.13.